The Morgan fingerprint density at radius 2 is 1.77 bits per heavy atom. The minimum absolute atomic E-state index is 0.0724. The van der Waals surface area contributed by atoms with Crippen molar-refractivity contribution in [1.29, 1.82) is 0 Å². The standard InChI is InChI=1S/C21H19FO8/c22-14-4-2-1-3-11(14)13-9-28-15-7-10(5-6-12(15)17(13)24)29-21-20(27)19(26)18(25)16(8-23)30-21/h1-7,9,16,18-21,23,25-27H,8H2/t16-,18-,19-,20+,21+/m1/s1. The van der Waals surface area contributed by atoms with Crippen LogP contribution in [0.1, 0.15) is 0 Å². The van der Waals surface area contributed by atoms with Crippen LogP contribution in [0.4, 0.5) is 4.39 Å². The number of rotatable bonds is 4. The molecule has 1 saturated heterocycles. The Kier molecular flexibility index (Phi) is 5.54. The molecule has 5 atom stereocenters. The summed E-state index contributed by atoms with van der Waals surface area (Å²) in [5, 5.41) is 39.2. The minimum atomic E-state index is -1.58. The van der Waals surface area contributed by atoms with Gasteiger partial charge in [0.05, 0.1) is 17.6 Å². The molecular formula is C21H19FO8. The van der Waals surface area contributed by atoms with E-state index in [0.717, 1.165) is 6.26 Å². The zero-order chi connectivity index (χ0) is 21.4. The van der Waals surface area contributed by atoms with Crippen LogP contribution in [0.15, 0.2) is 57.9 Å². The molecule has 9 heteroatoms. The van der Waals surface area contributed by atoms with E-state index in [9.17, 15) is 29.6 Å². The quantitative estimate of drug-likeness (QED) is 0.489. The predicted octanol–water partition coefficient (Wildman–Crippen LogP) is 0.778. The highest BCUT2D eigenvalue weighted by Crippen LogP contribution is 2.28. The third-order valence-electron chi connectivity index (χ3n) is 5.01. The van der Waals surface area contributed by atoms with E-state index in [4.69, 9.17) is 13.9 Å². The molecule has 1 aromatic heterocycles. The summed E-state index contributed by atoms with van der Waals surface area (Å²) in [5.41, 5.74) is -0.0825. The SMILES string of the molecule is O=c1c(-c2ccccc2F)coc2cc(O[C@H]3O[C@H](CO)[C@@H](O)[C@@H](O)[C@@H]3O)ccc12. The highest BCUT2D eigenvalue weighted by atomic mass is 19.1. The molecule has 2 heterocycles. The van der Waals surface area contributed by atoms with E-state index in [0.29, 0.717) is 0 Å². The zero-order valence-electron chi connectivity index (χ0n) is 15.5. The number of aliphatic hydroxyl groups excluding tert-OH is 4. The largest absolute Gasteiger partial charge is 0.463 e. The van der Waals surface area contributed by atoms with E-state index in [1.165, 1.54) is 36.4 Å². The average Bonchev–Trinajstić information content (AvgIpc) is 2.75. The van der Waals surface area contributed by atoms with Gasteiger partial charge in [-0.1, -0.05) is 18.2 Å². The van der Waals surface area contributed by atoms with Crippen LogP contribution in [-0.2, 0) is 4.74 Å². The van der Waals surface area contributed by atoms with Crippen LogP contribution < -0.4 is 10.2 Å². The summed E-state index contributed by atoms with van der Waals surface area (Å²) in [4.78, 5) is 12.8. The van der Waals surface area contributed by atoms with Crippen molar-refractivity contribution in [1.82, 2.24) is 0 Å². The van der Waals surface area contributed by atoms with Crippen molar-refractivity contribution in [2.24, 2.45) is 0 Å². The second kappa shape index (κ2) is 8.13. The van der Waals surface area contributed by atoms with Gasteiger partial charge in [-0.15, -0.1) is 0 Å². The van der Waals surface area contributed by atoms with Crippen LogP contribution in [0, 0.1) is 5.82 Å². The molecule has 1 aliphatic rings. The first-order valence-electron chi connectivity index (χ1n) is 9.18. The number of ether oxygens (including phenoxy) is 2. The number of aliphatic hydroxyl groups is 4. The first-order chi connectivity index (χ1) is 14.4. The van der Waals surface area contributed by atoms with Gasteiger partial charge in [0.25, 0.3) is 0 Å². The highest BCUT2D eigenvalue weighted by molar-refractivity contribution is 5.82. The number of hydrogen-bond donors (Lipinski definition) is 4. The predicted molar refractivity (Wildman–Crippen MR) is 102 cm³/mol. The van der Waals surface area contributed by atoms with Gasteiger partial charge in [0, 0.05) is 11.6 Å². The van der Waals surface area contributed by atoms with E-state index >= 15 is 0 Å². The van der Waals surface area contributed by atoms with Gasteiger partial charge in [-0.25, -0.2) is 4.39 Å². The van der Waals surface area contributed by atoms with Crippen LogP contribution in [0.3, 0.4) is 0 Å². The third kappa shape index (κ3) is 3.57. The molecule has 8 nitrogen and oxygen atoms in total. The molecule has 0 radical (unpaired) electrons. The maximum Gasteiger partial charge on any atom is 0.229 e. The smallest absolute Gasteiger partial charge is 0.229 e. The summed E-state index contributed by atoms with van der Waals surface area (Å²) >= 11 is 0. The lowest BCUT2D eigenvalue weighted by atomic mass is 9.99. The van der Waals surface area contributed by atoms with Crippen molar-refractivity contribution in [2.75, 3.05) is 6.61 Å². The minimum Gasteiger partial charge on any atom is -0.463 e. The van der Waals surface area contributed by atoms with E-state index in [1.54, 1.807) is 6.07 Å². The van der Waals surface area contributed by atoms with Gasteiger partial charge in [-0.2, -0.15) is 0 Å². The molecule has 4 rings (SSSR count). The second-order valence-electron chi connectivity index (χ2n) is 6.93. The summed E-state index contributed by atoms with van der Waals surface area (Å²) in [6.45, 7) is -0.587. The molecule has 2 aromatic carbocycles. The van der Waals surface area contributed by atoms with Crippen molar-refractivity contribution in [3.8, 4) is 16.9 Å². The van der Waals surface area contributed by atoms with E-state index in [-0.39, 0.29) is 27.8 Å². The zero-order valence-corrected chi connectivity index (χ0v) is 15.5. The van der Waals surface area contributed by atoms with Gasteiger partial charge >= 0.3 is 0 Å². The molecule has 0 aliphatic carbocycles. The van der Waals surface area contributed by atoms with Crippen LogP contribution in [0.25, 0.3) is 22.1 Å². The summed E-state index contributed by atoms with van der Waals surface area (Å²) < 4.78 is 30.4. The number of hydrogen-bond acceptors (Lipinski definition) is 8. The van der Waals surface area contributed by atoms with Crippen LogP contribution in [-0.4, -0.2) is 57.7 Å². The summed E-state index contributed by atoms with van der Waals surface area (Å²) in [7, 11) is 0. The Bertz CT molecular complexity index is 1110. The van der Waals surface area contributed by atoms with Gasteiger partial charge < -0.3 is 34.3 Å². The molecule has 0 spiro atoms. The fourth-order valence-electron chi connectivity index (χ4n) is 3.35. The van der Waals surface area contributed by atoms with Crippen molar-refractivity contribution in [3.63, 3.8) is 0 Å². The molecule has 1 fully saturated rings. The van der Waals surface area contributed by atoms with Crippen molar-refractivity contribution in [2.45, 2.75) is 30.7 Å². The summed E-state index contributed by atoms with van der Waals surface area (Å²) in [6.07, 6.45) is -5.99. The fraction of sp³-hybridized carbons (Fsp3) is 0.286. The lowest BCUT2D eigenvalue weighted by molar-refractivity contribution is -0.277. The Balaban J connectivity index is 1.64. The van der Waals surface area contributed by atoms with Gasteiger partial charge in [-0.3, -0.25) is 4.79 Å². The van der Waals surface area contributed by atoms with Crippen LogP contribution in [0.5, 0.6) is 5.75 Å². The van der Waals surface area contributed by atoms with Crippen LogP contribution in [0.2, 0.25) is 0 Å². The fourth-order valence-corrected chi connectivity index (χ4v) is 3.35. The lowest BCUT2D eigenvalue weighted by Gasteiger charge is -2.39. The Hall–Kier alpha value is -2.82. The second-order valence-corrected chi connectivity index (χ2v) is 6.93. The van der Waals surface area contributed by atoms with Crippen molar-refractivity contribution >= 4 is 11.0 Å². The van der Waals surface area contributed by atoms with E-state index < -0.39 is 48.6 Å². The Morgan fingerprint density at radius 3 is 2.50 bits per heavy atom. The Labute approximate surface area is 169 Å². The van der Waals surface area contributed by atoms with Crippen LogP contribution >= 0.6 is 0 Å². The average molecular weight is 418 g/mol. The molecular weight excluding hydrogens is 399 g/mol. The molecule has 1 aliphatic heterocycles. The molecule has 158 valence electrons. The van der Waals surface area contributed by atoms with E-state index in [2.05, 4.69) is 0 Å². The van der Waals surface area contributed by atoms with Crippen molar-refractivity contribution in [3.05, 3.63) is 64.8 Å². The molecule has 4 N–H and O–H groups in total. The van der Waals surface area contributed by atoms with Gasteiger partial charge in [-0.05, 0) is 18.2 Å². The molecule has 0 bridgehead atoms. The monoisotopic (exact) mass is 418 g/mol. The lowest BCUT2D eigenvalue weighted by Crippen LogP contribution is -2.60. The maximum atomic E-state index is 14.0. The molecule has 0 saturated carbocycles. The molecule has 3 aromatic rings. The molecule has 0 unspecified atom stereocenters. The Morgan fingerprint density at radius 1 is 1.00 bits per heavy atom. The topological polar surface area (TPSA) is 130 Å². The number of halogens is 1. The number of benzene rings is 2. The first-order valence-corrected chi connectivity index (χ1v) is 9.18. The third-order valence-corrected chi connectivity index (χ3v) is 5.01. The number of fused-ring (bicyclic) bond motifs is 1. The molecule has 0 amide bonds. The maximum absolute atomic E-state index is 14.0. The molecule has 30 heavy (non-hydrogen) atoms. The van der Waals surface area contributed by atoms with Gasteiger partial charge in [0.15, 0.2) is 0 Å². The van der Waals surface area contributed by atoms with Gasteiger partial charge in [0.2, 0.25) is 11.7 Å². The first kappa shape index (κ1) is 20.5. The van der Waals surface area contributed by atoms with Gasteiger partial charge in [0.1, 0.15) is 47.8 Å². The van der Waals surface area contributed by atoms with E-state index in [1.807, 2.05) is 0 Å². The summed E-state index contributed by atoms with van der Waals surface area (Å²) in [5.74, 6) is -0.402. The highest BCUT2D eigenvalue weighted by Gasteiger charge is 2.44. The van der Waals surface area contributed by atoms with Crippen molar-refractivity contribution < 1.29 is 38.7 Å². The normalized spacial score (nSPS) is 26.6. The summed E-state index contributed by atoms with van der Waals surface area (Å²) in [6, 6.07) is 10.1.